The van der Waals surface area contributed by atoms with Crippen molar-refractivity contribution in [2.45, 2.75) is 72.5 Å². The number of carbonyl (C=O) groups is 1. The lowest BCUT2D eigenvalue weighted by atomic mass is 9.86. The summed E-state index contributed by atoms with van der Waals surface area (Å²) in [5.74, 6) is -81.8. The molecular formula is C15H10ClF20NO. The van der Waals surface area contributed by atoms with Crippen molar-refractivity contribution in [3.8, 4) is 0 Å². The summed E-state index contributed by atoms with van der Waals surface area (Å²) in [5, 5.41) is -6.33. The number of amides is 1. The topological polar surface area (TPSA) is 29.1 Å². The zero-order valence-corrected chi connectivity index (χ0v) is 18.4. The van der Waals surface area contributed by atoms with Gasteiger partial charge < -0.3 is 5.32 Å². The second-order valence-corrected chi connectivity index (χ2v) is 8.25. The highest BCUT2D eigenvalue weighted by atomic mass is 35.5. The number of halogens is 21. The molecule has 0 aliphatic carbocycles. The maximum Gasteiger partial charge on any atom is 0.393 e. The second kappa shape index (κ2) is 9.48. The molecule has 0 spiro atoms. The van der Waals surface area contributed by atoms with Gasteiger partial charge in [-0.05, 0) is 17.5 Å². The SMILES string of the molecule is CC(C)CNC(=O)C(F)(F)C(F)(F)C(F)(F)C(F)(F)C(F)(F)C(F)(F)C(F)(F)C(F)(F)C(F)(F)C(F)(F)Cl. The first-order valence-corrected chi connectivity index (χ1v) is 9.22. The van der Waals surface area contributed by atoms with Gasteiger partial charge in [0.25, 0.3) is 5.91 Å². The first kappa shape index (κ1) is 36.4. The first-order chi connectivity index (χ1) is 16.1. The van der Waals surface area contributed by atoms with Crippen molar-refractivity contribution in [3.05, 3.63) is 0 Å². The molecule has 23 heteroatoms. The molecule has 1 amide bonds. The van der Waals surface area contributed by atoms with Crippen molar-refractivity contribution < 1.29 is 92.6 Å². The second-order valence-electron chi connectivity index (χ2n) is 7.77. The molecule has 2 nitrogen and oxygen atoms in total. The molecule has 0 aromatic carbocycles. The normalized spacial score (nSPS) is 16.2. The van der Waals surface area contributed by atoms with Gasteiger partial charge in [-0.15, -0.1) is 0 Å². The van der Waals surface area contributed by atoms with Crippen LogP contribution in [0.3, 0.4) is 0 Å². The lowest BCUT2D eigenvalue weighted by Crippen LogP contribution is -2.77. The third-order valence-electron chi connectivity index (χ3n) is 4.47. The molecule has 0 aromatic rings. The molecule has 38 heavy (non-hydrogen) atoms. The Morgan fingerprint density at radius 2 is 0.763 bits per heavy atom. The average molecular weight is 636 g/mol. The van der Waals surface area contributed by atoms with Crippen LogP contribution in [0, 0.1) is 5.92 Å². The molecule has 0 aromatic heterocycles. The van der Waals surface area contributed by atoms with Crippen LogP contribution in [0.2, 0.25) is 0 Å². The van der Waals surface area contributed by atoms with Crippen molar-refractivity contribution >= 4 is 17.5 Å². The molecule has 0 bridgehead atoms. The maximum absolute atomic E-state index is 13.7. The van der Waals surface area contributed by atoms with Crippen LogP contribution in [0.15, 0.2) is 0 Å². The third-order valence-corrected chi connectivity index (χ3v) is 4.70. The molecule has 228 valence electrons. The van der Waals surface area contributed by atoms with E-state index < -0.39 is 77.1 Å². The van der Waals surface area contributed by atoms with Crippen molar-refractivity contribution in [1.82, 2.24) is 5.32 Å². The van der Waals surface area contributed by atoms with Crippen LogP contribution < -0.4 is 5.32 Å². The van der Waals surface area contributed by atoms with Gasteiger partial charge in [-0.25, -0.2) is 0 Å². The van der Waals surface area contributed by atoms with Gasteiger partial charge in [0.05, 0.1) is 0 Å². The van der Waals surface area contributed by atoms with Gasteiger partial charge >= 0.3 is 58.7 Å². The van der Waals surface area contributed by atoms with E-state index in [2.05, 4.69) is 11.6 Å². The van der Waals surface area contributed by atoms with Crippen molar-refractivity contribution in [1.29, 1.82) is 0 Å². The van der Waals surface area contributed by atoms with Crippen LogP contribution in [-0.2, 0) is 4.79 Å². The number of rotatable bonds is 12. The molecule has 0 aliphatic rings. The lowest BCUT2D eigenvalue weighted by Gasteiger charge is -2.44. The zero-order valence-electron chi connectivity index (χ0n) is 17.6. The van der Waals surface area contributed by atoms with Crippen LogP contribution in [0.4, 0.5) is 87.8 Å². The summed E-state index contributed by atoms with van der Waals surface area (Å²) in [6.45, 7) is 0.935. The Hall–Kier alpha value is -1.64. The fraction of sp³-hybridized carbons (Fsp3) is 0.933. The van der Waals surface area contributed by atoms with Gasteiger partial charge in [-0.1, -0.05) is 13.8 Å². The Labute approximate surface area is 201 Å². The average Bonchev–Trinajstić information content (AvgIpc) is 2.69. The quantitative estimate of drug-likeness (QED) is 0.177. The van der Waals surface area contributed by atoms with Crippen LogP contribution >= 0.6 is 11.6 Å². The standard InChI is InChI=1S/C15H10ClF20NO/c1-4(2)3-37-5(38)6(17,18)7(19,20)8(21,22)9(23,24)10(25,26)11(27,28)12(29,30)13(31,32)14(33,34)15(16,35)36/h4H,3H2,1-2H3,(H,37,38). The Bertz CT molecular complexity index is 876. The van der Waals surface area contributed by atoms with E-state index in [0.29, 0.717) is 0 Å². The van der Waals surface area contributed by atoms with Crippen LogP contribution in [-0.4, -0.2) is 71.1 Å². The van der Waals surface area contributed by atoms with Gasteiger partial charge in [-0.3, -0.25) is 4.79 Å². The molecule has 0 saturated carbocycles. The molecule has 0 heterocycles. The Morgan fingerprint density at radius 1 is 0.526 bits per heavy atom. The fourth-order valence-corrected chi connectivity index (χ4v) is 2.23. The summed E-state index contributed by atoms with van der Waals surface area (Å²) in [7, 11) is 0. The first-order valence-electron chi connectivity index (χ1n) is 8.84. The van der Waals surface area contributed by atoms with Gasteiger partial charge in [0.1, 0.15) is 0 Å². The van der Waals surface area contributed by atoms with Crippen LogP contribution in [0.1, 0.15) is 13.8 Å². The molecule has 1 N–H and O–H groups in total. The predicted molar refractivity (Wildman–Crippen MR) is 83.2 cm³/mol. The highest BCUT2D eigenvalue weighted by Gasteiger charge is 2.97. The molecular weight excluding hydrogens is 626 g/mol. The predicted octanol–water partition coefficient (Wildman–Crippen LogP) is 7.31. The molecule has 0 rings (SSSR count). The van der Waals surface area contributed by atoms with Crippen LogP contribution in [0.5, 0.6) is 0 Å². The van der Waals surface area contributed by atoms with Crippen LogP contribution in [0.25, 0.3) is 0 Å². The fourth-order valence-electron chi connectivity index (χ4n) is 2.11. The van der Waals surface area contributed by atoms with E-state index in [1.165, 1.54) is 0 Å². The van der Waals surface area contributed by atoms with E-state index in [1.807, 2.05) is 0 Å². The maximum atomic E-state index is 13.7. The summed E-state index contributed by atoms with van der Waals surface area (Å²) >= 11 is 3.31. The molecule has 0 aliphatic heterocycles. The van der Waals surface area contributed by atoms with E-state index in [4.69, 9.17) is 0 Å². The van der Waals surface area contributed by atoms with E-state index in [1.54, 1.807) is 0 Å². The van der Waals surface area contributed by atoms with E-state index in [-0.39, 0.29) is 0 Å². The molecule has 0 unspecified atom stereocenters. The van der Waals surface area contributed by atoms with Gasteiger partial charge in [0.2, 0.25) is 0 Å². The summed E-state index contributed by atoms with van der Waals surface area (Å²) < 4.78 is 267. The number of nitrogens with one attached hydrogen (secondary N) is 1. The zero-order chi connectivity index (χ0) is 31.6. The Balaban J connectivity index is 7.00. The number of alkyl halides is 21. The monoisotopic (exact) mass is 635 g/mol. The summed E-state index contributed by atoms with van der Waals surface area (Å²) in [6.07, 6.45) is 0. The highest BCUT2D eigenvalue weighted by molar-refractivity contribution is 6.22. The van der Waals surface area contributed by atoms with Gasteiger partial charge in [0, 0.05) is 6.54 Å². The smallest absolute Gasteiger partial charge is 0.350 e. The van der Waals surface area contributed by atoms with E-state index in [0.717, 1.165) is 19.2 Å². The summed E-state index contributed by atoms with van der Waals surface area (Å²) in [4.78, 5) is 11.1. The van der Waals surface area contributed by atoms with Gasteiger partial charge in [0.15, 0.2) is 0 Å². The number of carbonyl (C=O) groups excluding carboxylic acids is 1. The van der Waals surface area contributed by atoms with Crippen molar-refractivity contribution in [3.63, 3.8) is 0 Å². The van der Waals surface area contributed by atoms with Gasteiger partial charge in [-0.2, -0.15) is 87.8 Å². The minimum Gasteiger partial charge on any atom is -0.350 e. The largest absolute Gasteiger partial charge is 0.393 e. The minimum atomic E-state index is -9.15. The highest BCUT2D eigenvalue weighted by Crippen LogP contribution is 2.66. The number of hydrogen-bond acceptors (Lipinski definition) is 1. The molecule has 0 saturated heterocycles. The molecule has 0 fully saturated rings. The Kier molecular flexibility index (Phi) is 9.07. The summed E-state index contributed by atoms with van der Waals surface area (Å²) in [5.41, 5.74) is 0. The molecule has 0 atom stereocenters. The summed E-state index contributed by atoms with van der Waals surface area (Å²) in [6, 6.07) is 0. The van der Waals surface area contributed by atoms with Crippen molar-refractivity contribution in [2.24, 2.45) is 5.92 Å². The number of hydrogen-bond donors (Lipinski definition) is 1. The minimum absolute atomic E-state index is 0.727. The van der Waals surface area contributed by atoms with Crippen molar-refractivity contribution in [2.75, 3.05) is 6.54 Å². The Morgan fingerprint density at radius 3 is 1.00 bits per heavy atom. The van der Waals surface area contributed by atoms with E-state index in [9.17, 15) is 92.6 Å². The third kappa shape index (κ3) is 4.68. The lowest BCUT2D eigenvalue weighted by molar-refractivity contribution is -0.464. The van der Waals surface area contributed by atoms with E-state index >= 15 is 0 Å². The molecule has 0 radical (unpaired) electrons.